The first-order valence-electron chi connectivity index (χ1n) is 13.3. The molecule has 0 aromatic heterocycles. The van der Waals surface area contributed by atoms with Crippen LogP contribution in [-0.2, 0) is 4.79 Å². The molecule has 8 atom stereocenters. The molecule has 0 radical (unpaired) electrons. The molecule has 2 aliphatic rings. The molecule has 2 saturated heterocycles. The van der Waals surface area contributed by atoms with Crippen molar-refractivity contribution in [3.63, 3.8) is 0 Å². The third-order valence-corrected chi connectivity index (χ3v) is 9.07. The van der Waals surface area contributed by atoms with Crippen molar-refractivity contribution < 1.29 is 43.8 Å². The highest BCUT2D eigenvalue weighted by molar-refractivity contribution is 8.00. The lowest BCUT2D eigenvalue weighted by atomic mass is 9.78. The van der Waals surface area contributed by atoms with Crippen molar-refractivity contribution in [2.75, 3.05) is 11.5 Å². The van der Waals surface area contributed by atoms with Crippen molar-refractivity contribution in [1.29, 1.82) is 0 Å². The molecule has 218 valence electrons. The number of rotatable bonds is 9. The van der Waals surface area contributed by atoms with E-state index in [2.05, 4.69) is 0 Å². The zero-order chi connectivity index (χ0) is 29.3. The smallest absolute Gasteiger partial charge is 0.233 e. The summed E-state index contributed by atoms with van der Waals surface area (Å²) in [5.41, 5.74) is 0.915. The normalized spacial score (nSPS) is 28.7. The minimum absolute atomic E-state index is 0.169. The standard InChI is InChI=1S/C30H31F2NO7S/c31-18-5-1-16(2-6-18)23(35)14-13-22-25(33(29(22)39)20-9-7-19(32)8-10-20)17-3-11-21(12-4-17)40-30-28(38)27(37)26(36)24(15-34)41-30/h1-12,22-28,30,34-38H,13-15H2/t22-,23+,24+,25-,26-,27+,28-,30+/m1/s1. The number of anilines is 1. The number of hydrogen-bond acceptors (Lipinski definition) is 8. The average molecular weight is 588 g/mol. The Kier molecular flexibility index (Phi) is 8.93. The summed E-state index contributed by atoms with van der Waals surface area (Å²) in [6, 6.07) is 17.6. The van der Waals surface area contributed by atoms with Gasteiger partial charge in [0.2, 0.25) is 5.91 Å². The van der Waals surface area contributed by atoms with Crippen LogP contribution in [0.5, 0.6) is 5.75 Å². The number of aliphatic hydroxyl groups excluding tert-OH is 5. The van der Waals surface area contributed by atoms with Gasteiger partial charge in [-0.05, 0) is 72.5 Å². The highest BCUT2D eigenvalue weighted by Gasteiger charge is 2.49. The number of amides is 1. The first-order chi connectivity index (χ1) is 19.7. The summed E-state index contributed by atoms with van der Waals surface area (Å²) >= 11 is 1.02. The summed E-state index contributed by atoms with van der Waals surface area (Å²) in [6.45, 7) is -0.402. The quantitative estimate of drug-likeness (QED) is 0.242. The van der Waals surface area contributed by atoms with Gasteiger partial charge in [-0.3, -0.25) is 4.79 Å². The Morgan fingerprint density at radius 3 is 2.07 bits per heavy atom. The van der Waals surface area contributed by atoms with E-state index in [1.807, 2.05) is 0 Å². The van der Waals surface area contributed by atoms with Gasteiger partial charge in [-0.25, -0.2) is 8.78 Å². The van der Waals surface area contributed by atoms with Gasteiger partial charge in [0.15, 0.2) is 5.44 Å². The molecule has 2 fully saturated rings. The molecule has 1 amide bonds. The molecule has 0 unspecified atom stereocenters. The number of aliphatic hydroxyl groups is 5. The number of ether oxygens (including phenoxy) is 1. The number of thioether (sulfide) groups is 1. The van der Waals surface area contributed by atoms with E-state index in [0.717, 1.165) is 17.3 Å². The fourth-order valence-electron chi connectivity index (χ4n) is 5.33. The van der Waals surface area contributed by atoms with Crippen LogP contribution in [0.25, 0.3) is 0 Å². The number of carbonyl (C=O) groups excluding carboxylic acids is 1. The molecule has 5 rings (SSSR count). The zero-order valence-electron chi connectivity index (χ0n) is 21.8. The Morgan fingerprint density at radius 2 is 1.46 bits per heavy atom. The van der Waals surface area contributed by atoms with Crippen LogP contribution in [0.1, 0.15) is 36.1 Å². The molecule has 3 aromatic rings. The highest BCUT2D eigenvalue weighted by atomic mass is 32.2. The largest absolute Gasteiger partial charge is 0.477 e. The maximum Gasteiger partial charge on any atom is 0.233 e. The molecular weight excluding hydrogens is 556 g/mol. The maximum absolute atomic E-state index is 13.6. The van der Waals surface area contributed by atoms with E-state index >= 15 is 0 Å². The van der Waals surface area contributed by atoms with Gasteiger partial charge in [0, 0.05) is 5.69 Å². The van der Waals surface area contributed by atoms with Crippen LogP contribution in [0.2, 0.25) is 0 Å². The van der Waals surface area contributed by atoms with E-state index in [-0.39, 0.29) is 12.3 Å². The molecule has 41 heavy (non-hydrogen) atoms. The Bertz CT molecular complexity index is 1330. The molecule has 2 aliphatic heterocycles. The Hall–Kier alpha value is -3.06. The Morgan fingerprint density at radius 1 is 0.854 bits per heavy atom. The van der Waals surface area contributed by atoms with Gasteiger partial charge in [-0.15, -0.1) is 11.8 Å². The van der Waals surface area contributed by atoms with Crippen molar-refractivity contribution in [2.45, 2.75) is 54.0 Å². The van der Waals surface area contributed by atoms with E-state index < -0.39 is 65.3 Å². The number of hydrogen-bond donors (Lipinski definition) is 5. The second-order valence-corrected chi connectivity index (χ2v) is 11.6. The van der Waals surface area contributed by atoms with Gasteiger partial charge < -0.3 is 35.2 Å². The summed E-state index contributed by atoms with van der Waals surface area (Å²) in [7, 11) is 0. The molecule has 5 N–H and O–H groups in total. The fourth-order valence-corrected chi connectivity index (χ4v) is 6.57. The third-order valence-electron chi connectivity index (χ3n) is 7.65. The molecule has 3 aromatic carbocycles. The van der Waals surface area contributed by atoms with Crippen molar-refractivity contribution in [3.8, 4) is 5.75 Å². The van der Waals surface area contributed by atoms with E-state index in [1.54, 1.807) is 29.2 Å². The number of nitrogens with zero attached hydrogens (tertiary/aromatic N) is 1. The van der Waals surface area contributed by atoms with E-state index in [9.17, 15) is 39.1 Å². The zero-order valence-corrected chi connectivity index (χ0v) is 22.6. The first-order valence-corrected chi connectivity index (χ1v) is 14.2. The summed E-state index contributed by atoms with van der Waals surface area (Å²) < 4.78 is 32.7. The summed E-state index contributed by atoms with van der Waals surface area (Å²) in [5.74, 6) is -1.11. The monoisotopic (exact) mass is 587 g/mol. The molecule has 0 saturated carbocycles. The van der Waals surface area contributed by atoms with Crippen LogP contribution in [-0.4, -0.2) is 67.0 Å². The molecule has 0 spiro atoms. The summed E-state index contributed by atoms with van der Waals surface area (Å²) in [6.07, 6.45) is -4.41. The lowest BCUT2D eigenvalue weighted by Crippen LogP contribution is -2.55. The van der Waals surface area contributed by atoms with Gasteiger partial charge >= 0.3 is 0 Å². The SMILES string of the molecule is O=C1[C@H](CC[C@H](O)c2ccc(F)cc2)[C@@H](c2ccc(O[C@H]3S[C@@H](CO)[C@@H](O)[C@H](O)[C@H]3O)cc2)N1c1ccc(F)cc1. The predicted octanol–water partition coefficient (Wildman–Crippen LogP) is 3.08. The average Bonchev–Trinajstić information content (AvgIpc) is 2.98. The first kappa shape index (κ1) is 29.4. The molecule has 11 heteroatoms. The van der Waals surface area contributed by atoms with Crippen LogP contribution in [0.15, 0.2) is 72.8 Å². The van der Waals surface area contributed by atoms with E-state index in [1.165, 1.54) is 48.5 Å². The van der Waals surface area contributed by atoms with Gasteiger partial charge in [0.1, 0.15) is 29.6 Å². The number of benzene rings is 3. The van der Waals surface area contributed by atoms with Crippen molar-refractivity contribution >= 4 is 23.4 Å². The number of carbonyl (C=O) groups is 1. The minimum Gasteiger partial charge on any atom is -0.477 e. The van der Waals surface area contributed by atoms with Crippen molar-refractivity contribution in [2.24, 2.45) is 5.92 Å². The van der Waals surface area contributed by atoms with Crippen molar-refractivity contribution in [1.82, 2.24) is 0 Å². The Balaban J connectivity index is 1.33. The molecule has 0 bridgehead atoms. The number of β-lactam (4-membered cyclic amide) rings is 1. The molecule has 2 heterocycles. The Labute approximate surface area is 239 Å². The van der Waals surface area contributed by atoms with Crippen LogP contribution in [0.4, 0.5) is 14.5 Å². The van der Waals surface area contributed by atoms with Crippen LogP contribution >= 0.6 is 11.8 Å². The second-order valence-electron chi connectivity index (χ2n) is 10.3. The molecular formula is C30H31F2NO7S. The van der Waals surface area contributed by atoms with Gasteiger partial charge in [0.25, 0.3) is 0 Å². The lowest BCUT2D eigenvalue weighted by Gasteiger charge is -2.48. The third kappa shape index (κ3) is 6.11. The lowest BCUT2D eigenvalue weighted by molar-refractivity contribution is -0.131. The van der Waals surface area contributed by atoms with Crippen LogP contribution < -0.4 is 9.64 Å². The van der Waals surface area contributed by atoms with Crippen LogP contribution in [0.3, 0.4) is 0 Å². The highest BCUT2D eigenvalue weighted by Crippen LogP contribution is 2.46. The van der Waals surface area contributed by atoms with E-state index in [4.69, 9.17) is 4.74 Å². The predicted molar refractivity (Wildman–Crippen MR) is 148 cm³/mol. The summed E-state index contributed by atoms with van der Waals surface area (Å²) in [5, 5.41) is 49.9. The van der Waals surface area contributed by atoms with Gasteiger partial charge in [-0.1, -0.05) is 24.3 Å². The van der Waals surface area contributed by atoms with Gasteiger partial charge in [0.05, 0.1) is 36.0 Å². The second kappa shape index (κ2) is 12.4. The van der Waals surface area contributed by atoms with Gasteiger partial charge in [-0.2, -0.15) is 0 Å². The molecule has 8 nitrogen and oxygen atoms in total. The minimum atomic E-state index is -1.48. The topological polar surface area (TPSA) is 131 Å². The maximum atomic E-state index is 13.6. The van der Waals surface area contributed by atoms with E-state index in [0.29, 0.717) is 23.4 Å². The fraction of sp³-hybridized carbons (Fsp3) is 0.367. The van der Waals surface area contributed by atoms with Crippen molar-refractivity contribution in [3.05, 3.63) is 95.6 Å². The summed E-state index contributed by atoms with van der Waals surface area (Å²) in [4.78, 5) is 14.9. The number of halogens is 2. The van der Waals surface area contributed by atoms with Crippen LogP contribution in [0, 0.1) is 17.6 Å². The molecule has 0 aliphatic carbocycles.